The highest BCUT2D eigenvalue weighted by molar-refractivity contribution is 7.33. The summed E-state index contributed by atoms with van der Waals surface area (Å²) in [6.45, 7) is 0.872. The van der Waals surface area contributed by atoms with Gasteiger partial charge >= 0.3 is 0 Å². The van der Waals surface area contributed by atoms with Crippen molar-refractivity contribution in [1.29, 1.82) is 0 Å². The van der Waals surface area contributed by atoms with Crippen LogP contribution >= 0.6 is 22.2 Å². The molecule has 0 fully saturated rings. The molecule has 0 aromatic carbocycles. The number of nitrogens with two attached hydrogens (primary N) is 1. The fourth-order valence-electron chi connectivity index (χ4n) is 5.75. The smallest absolute Gasteiger partial charge is 0.237 e. The molecule has 0 aromatic rings. The molecule has 0 unspecified atom stereocenters. The summed E-state index contributed by atoms with van der Waals surface area (Å²) in [7, 11) is -1.34. The van der Waals surface area contributed by atoms with Crippen LogP contribution in [0.15, 0.2) is 0 Å². The minimum absolute atomic E-state index is 0.872. The van der Waals surface area contributed by atoms with Crippen molar-refractivity contribution in [3.8, 4) is 0 Å². The maximum absolute atomic E-state index is 5.90. The van der Waals surface area contributed by atoms with Gasteiger partial charge in [0.25, 0.3) is 0 Å². The summed E-state index contributed by atoms with van der Waals surface area (Å²) in [5.41, 5.74) is 5.54. The van der Waals surface area contributed by atoms with E-state index in [9.17, 15) is 0 Å². The van der Waals surface area contributed by atoms with Gasteiger partial charge in [-0.2, -0.15) is 22.2 Å². The highest BCUT2D eigenvalue weighted by Crippen LogP contribution is 2.17. The summed E-state index contributed by atoms with van der Waals surface area (Å²) in [5.74, 6) is 0. The third kappa shape index (κ3) is 36.8. The summed E-state index contributed by atoms with van der Waals surface area (Å²) < 4.78 is 0. The van der Waals surface area contributed by atoms with Crippen molar-refractivity contribution in [3.05, 3.63) is 0 Å². The van der Waals surface area contributed by atoms with Gasteiger partial charge in [0, 0.05) is 0 Å². The van der Waals surface area contributed by atoms with Crippen LogP contribution in [0.2, 0.25) is 6.04 Å². The lowest BCUT2D eigenvalue weighted by Crippen LogP contribution is -1.97. The van der Waals surface area contributed by atoms with E-state index in [-0.39, 0.29) is 0 Å². The van der Waals surface area contributed by atoms with Gasteiger partial charge in [-0.15, -0.1) is 0 Å². The van der Waals surface area contributed by atoms with Gasteiger partial charge < -0.3 is 5.73 Å². The molecule has 0 radical (unpaired) electrons. The molecule has 0 aliphatic carbocycles. The normalized spacial score (nSPS) is 11.7. The summed E-state index contributed by atoms with van der Waals surface area (Å²) in [6.07, 6.45) is 46.0. The van der Waals surface area contributed by atoms with Crippen molar-refractivity contribution in [2.24, 2.45) is 5.73 Å². The van der Waals surface area contributed by atoms with Gasteiger partial charge in [0.05, 0.1) is 0 Å². The van der Waals surface area contributed by atoms with E-state index in [0.29, 0.717) is 0 Å². The molecule has 0 aromatic heterocycles. The van der Waals surface area contributed by atoms with Crippen LogP contribution in [0.3, 0.4) is 0 Å². The number of unbranched alkanes of at least 4 members (excludes halogenated alkanes) is 31. The summed E-state index contributed by atoms with van der Waals surface area (Å²) in [5, 5.41) is 0. The van der Waals surface area contributed by atoms with E-state index in [4.69, 9.17) is 27.9 Å². The highest BCUT2D eigenvalue weighted by Gasteiger charge is 2.01. The van der Waals surface area contributed by atoms with Crippen LogP contribution in [0, 0.1) is 0 Å². The number of hydrogen-bond donors (Lipinski definition) is 1. The van der Waals surface area contributed by atoms with Gasteiger partial charge in [-0.3, -0.25) is 0 Å². The van der Waals surface area contributed by atoms with Crippen molar-refractivity contribution in [3.63, 3.8) is 0 Å². The van der Waals surface area contributed by atoms with Crippen molar-refractivity contribution >= 4 is 29.6 Å². The molecule has 0 saturated carbocycles. The highest BCUT2D eigenvalue weighted by atomic mass is 35.7. The molecule has 0 rings (SSSR count). The van der Waals surface area contributed by atoms with Crippen LogP contribution in [-0.2, 0) is 0 Å². The van der Waals surface area contributed by atoms with E-state index < -0.39 is 7.42 Å². The van der Waals surface area contributed by atoms with Gasteiger partial charge in [0.15, 0.2) is 0 Å². The Hall–Kier alpha value is 0.757. The van der Waals surface area contributed by atoms with Gasteiger partial charge in [-0.05, 0) is 19.0 Å². The third-order valence-corrected chi connectivity index (χ3v) is 10.5. The molecule has 0 aliphatic rings. The quantitative estimate of drug-likeness (QED) is 0.0449. The second-order valence-corrected chi connectivity index (χ2v) is 17.5. The fraction of sp³-hybridized carbons (Fsp3) is 1.00. The number of hydrogen-bond acceptors (Lipinski definition) is 1. The van der Waals surface area contributed by atoms with Crippen molar-refractivity contribution < 1.29 is 0 Å². The molecular weight excluding hydrogens is 521 g/mol. The van der Waals surface area contributed by atoms with E-state index >= 15 is 0 Å². The Morgan fingerprint density at radius 2 is 0.421 bits per heavy atom. The predicted molar refractivity (Wildman–Crippen MR) is 180 cm³/mol. The minimum atomic E-state index is -1.34. The van der Waals surface area contributed by atoms with Crippen LogP contribution in [0.25, 0.3) is 0 Å². The molecular formula is C34H71Cl2NSi. The summed E-state index contributed by atoms with van der Waals surface area (Å²) >= 11 is 11.8. The first-order valence-corrected chi connectivity index (χ1v) is 22.1. The molecule has 230 valence electrons. The Bertz CT molecular complexity index is 408. The number of halogens is 2. The van der Waals surface area contributed by atoms with Crippen LogP contribution in [0.5, 0.6) is 0 Å². The zero-order chi connectivity index (χ0) is 27.6. The van der Waals surface area contributed by atoms with E-state index in [2.05, 4.69) is 0 Å². The number of rotatable bonds is 34. The maximum Gasteiger partial charge on any atom is 0.237 e. The lowest BCUT2D eigenvalue weighted by molar-refractivity contribution is 0.512. The van der Waals surface area contributed by atoms with E-state index in [1.165, 1.54) is 205 Å². The van der Waals surface area contributed by atoms with Crippen molar-refractivity contribution in [2.75, 3.05) is 6.54 Å². The average molecular weight is 593 g/mol. The van der Waals surface area contributed by atoms with E-state index in [1.807, 2.05) is 0 Å². The Morgan fingerprint density at radius 1 is 0.263 bits per heavy atom. The van der Waals surface area contributed by atoms with Gasteiger partial charge in [0.2, 0.25) is 7.42 Å². The summed E-state index contributed by atoms with van der Waals surface area (Å²) in [4.78, 5) is 0. The third-order valence-electron chi connectivity index (χ3n) is 8.38. The largest absolute Gasteiger partial charge is 0.330 e. The molecule has 0 saturated heterocycles. The predicted octanol–water partition coefficient (Wildman–Crippen LogP) is 13.1. The first-order chi connectivity index (χ1) is 18.8. The molecule has 2 N–H and O–H groups in total. The Kier molecular flexibility index (Phi) is 36.5. The molecule has 0 spiro atoms. The Morgan fingerprint density at radius 3 is 0.579 bits per heavy atom. The molecule has 4 heteroatoms. The van der Waals surface area contributed by atoms with E-state index in [0.717, 1.165) is 12.6 Å². The molecule has 0 heterocycles. The minimum Gasteiger partial charge on any atom is -0.330 e. The SMILES string of the molecule is NCCCCCCCCCCCCCCCCCCCCCCCCCCCCCCCCCC[SiH](Cl)Cl. The molecule has 0 bridgehead atoms. The zero-order valence-corrected chi connectivity index (χ0v) is 28.6. The standard InChI is InChI=1S/C34H71Cl2NSi/c35-38(36)34-32-30-28-26-24-22-20-18-16-14-12-10-8-6-4-2-1-3-5-7-9-11-13-15-17-19-21-23-25-27-29-31-33-37/h38H,1-34,37H2. The first-order valence-electron chi connectivity index (χ1n) is 17.8. The topological polar surface area (TPSA) is 26.0 Å². The Labute approximate surface area is 252 Å². The lowest BCUT2D eigenvalue weighted by Gasteiger charge is -2.05. The molecule has 1 nitrogen and oxygen atoms in total. The molecule has 0 atom stereocenters. The summed E-state index contributed by atoms with van der Waals surface area (Å²) in [6, 6.07) is 1.10. The van der Waals surface area contributed by atoms with Gasteiger partial charge in [-0.25, -0.2) is 0 Å². The van der Waals surface area contributed by atoms with Crippen LogP contribution < -0.4 is 5.73 Å². The molecule has 0 aliphatic heterocycles. The first kappa shape index (κ1) is 38.8. The van der Waals surface area contributed by atoms with Gasteiger partial charge in [-0.1, -0.05) is 199 Å². The lowest BCUT2D eigenvalue weighted by atomic mass is 10.0. The molecule has 38 heavy (non-hydrogen) atoms. The van der Waals surface area contributed by atoms with Crippen molar-refractivity contribution in [1.82, 2.24) is 0 Å². The van der Waals surface area contributed by atoms with Crippen LogP contribution in [-0.4, -0.2) is 14.0 Å². The zero-order valence-electron chi connectivity index (χ0n) is 26.0. The monoisotopic (exact) mass is 591 g/mol. The second-order valence-electron chi connectivity index (χ2n) is 12.3. The van der Waals surface area contributed by atoms with E-state index in [1.54, 1.807) is 0 Å². The molecule has 0 amide bonds. The second kappa shape index (κ2) is 35.8. The fourth-order valence-corrected chi connectivity index (χ4v) is 7.27. The van der Waals surface area contributed by atoms with Gasteiger partial charge in [0.1, 0.15) is 0 Å². The Balaban J connectivity index is 3.02. The van der Waals surface area contributed by atoms with Crippen LogP contribution in [0.1, 0.15) is 205 Å². The average Bonchev–Trinajstić information content (AvgIpc) is 2.91. The van der Waals surface area contributed by atoms with Crippen molar-refractivity contribution in [2.45, 2.75) is 212 Å². The van der Waals surface area contributed by atoms with Crippen LogP contribution in [0.4, 0.5) is 0 Å². The maximum atomic E-state index is 5.90.